The van der Waals surface area contributed by atoms with E-state index in [4.69, 9.17) is 9.26 Å². The number of amides is 1. The summed E-state index contributed by atoms with van der Waals surface area (Å²) in [5.41, 5.74) is 2.74. The van der Waals surface area contributed by atoms with Crippen molar-refractivity contribution in [3.63, 3.8) is 0 Å². The molecule has 1 N–H and O–H groups in total. The van der Waals surface area contributed by atoms with Crippen LogP contribution in [0.25, 0.3) is 10.9 Å². The molecular formula is C19H23N5O3. The normalized spacial score (nSPS) is 14.9. The molecule has 1 fully saturated rings. The lowest BCUT2D eigenvalue weighted by Crippen LogP contribution is -2.36. The van der Waals surface area contributed by atoms with E-state index < -0.39 is 0 Å². The molecule has 142 valence electrons. The Kier molecular flexibility index (Phi) is 4.57. The number of ether oxygens (including phenoxy) is 1. The van der Waals surface area contributed by atoms with Gasteiger partial charge >= 0.3 is 0 Å². The zero-order chi connectivity index (χ0) is 19.0. The van der Waals surface area contributed by atoms with Crippen LogP contribution < -0.4 is 10.2 Å². The molecule has 4 rings (SSSR count). The van der Waals surface area contributed by atoms with Gasteiger partial charge in [0.15, 0.2) is 5.82 Å². The molecule has 1 aliphatic rings. The van der Waals surface area contributed by atoms with Gasteiger partial charge in [0.1, 0.15) is 0 Å². The Hall–Kier alpha value is -2.87. The molecular weight excluding hydrogens is 346 g/mol. The molecule has 1 aliphatic heterocycles. The van der Waals surface area contributed by atoms with Crippen molar-refractivity contribution in [1.29, 1.82) is 0 Å². The second-order valence-corrected chi connectivity index (χ2v) is 6.97. The van der Waals surface area contributed by atoms with E-state index in [1.165, 1.54) is 0 Å². The summed E-state index contributed by atoms with van der Waals surface area (Å²) in [6, 6.07) is 7.73. The highest BCUT2D eigenvalue weighted by Crippen LogP contribution is 2.33. The molecule has 0 saturated carbocycles. The number of carbonyl (C=O) groups excluding carboxylic acids is 1. The van der Waals surface area contributed by atoms with Gasteiger partial charge in [0.05, 0.1) is 35.5 Å². The number of carbonyl (C=O) groups is 1. The SMILES string of the molecule is CC(C)c1cc(C(=O)Nc2nn(C)c3cccc(N4CCOCC4)c23)on1. The van der Waals surface area contributed by atoms with E-state index >= 15 is 0 Å². The van der Waals surface area contributed by atoms with Gasteiger partial charge < -0.3 is 19.5 Å². The average Bonchev–Trinajstić information content (AvgIpc) is 3.29. The molecule has 1 aromatic carbocycles. The van der Waals surface area contributed by atoms with Crippen LogP contribution in [0.3, 0.4) is 0 Å². The number of rotatable bonds is 4. The van der Waals surface area contributed by atoms with Gasteiger partial charge in [-0.1, -0.05) is 25.1 Å². The van der Waals surface area contributed by atoms with E-state index in [0.717, 1.165) is 35.4 Å². The predicted octanol–water partition coefficient (Wildman–Crippen LogP) is 2.77. The minimum Gasteiger partial charge on any atom is -0.378 e. The second kappa shape index (κ2) is 7.03. The molecule has 0 bridgehead atoms. The zero-order valence-electron chi connectivity index (χ0n) is 15.7. The summed E-state index contributed by atoms with van der Waals surface area (Å²) in [7, 11) is 1.87. The molecule has 1 amide bonds. The van der Waals surface area contributed by atoms with Crippen molar-refractivity contribution in [3.05, 3.63) is 35.7 Å². The third-order valence-electron chi connectivity index (χ3n) is 4.78. The molecule has 2 aromatic heterocycles. The van der Waals surface area contributed by atoms with Crippen LogP contribution in [0.4, 0.5) is 11.5 Å². The van der Waals surface area contributed by atoms with E-state index in [1.807, 2.05) is 33.0 Å². The summed E-state index contributed by atoms with van der Waals surface area (Å²) in [6.07, 6.45) is 0. The minimum atomic E-state index is -0.355. The minimum absolute atomic E-state index is 0.182. The number of aromatic nitrogens is 3. The smallest absolute Gasteiger partial charge is 0.295 e. The van der Waals surface area contributed by atoms with E-state index in [-0.39, 0.29) is 17.6 Å². The molecule has 8 nitrogen and oxygen atoms in total. The van der Waals surface area contributed by atoms with Gasteiger partial charge in [-0.3, -0.25) is 9.48 Å². The average molecular weight is 369 g/mol. The lowest BCUT2D eigenvalue weighted by Gasteiger charge is -2.29. The van der Waals surface area contributed by atoms with Gasteiger partial charge in [0.2, 0.25) is 5.76 Å². The number of hydrogen-bond donors (Lipinski definition) is 1. The van der Waals surface area contributed by atoms with E-state index in [1.54, 1.807) is 10.7 Å². The Labute approximate surface area is 157 Å². The first-order chi connectivity index (χ1) is 13.0. The summed E-state index contributed by atoms with van der Waals surface area (Å²) in [5, 5.41) is 12.3. The number of morpholine rings is 1. The number of aryl methyl sites for hydroxylation is 1. The van der Waals surface area contributed by atoms with Crippen molar-refractivity contribution in [3.8, 4) is 0 Å². The predicted molar refractivity (Wildman–Crippen MR) is 102 cm³/mol. The van der Waals surface area contributed by atoms with Crippen LogP contribution >= 0.6 is 0 Å². The molecule has 0 atom stereocenters. The molecule has 3 heterocycles. The van der Waals surface area contributed by atoms with Crippen molar-refractivity contribution in [2.75, 3.05) is 36.5 Å². The fourth-order valence-corrected chi connectivity index (χ4v) is 3.29. The fourth-order valence-electron chi connectivity index (χ4n) is 3.29. The summed E-state index contributed by atoms with van der Waals surface area (Å²) >= 11 is 0. The quantitative estimate of drug-likeness (QED) is 0.761. The van der Waals surface area contributed by atoms with Gasteiger partial charge in [0, 0.05) is 26.2 Å². The summed E-state index contributed by atoms with van der Waals surface area (Å²) < 4.78 is 12.4. The third-order valence-corrected chi connectivity index (χ3v) is 4.78. The molecule has 0 radical (unpaired) electrons. The highest BCUT2D eigenvalue weighted by atomic mass is 16.5. The Balaban J connectivity index is 1.69. The maximum Gasteiger partial charge on any atom is 0.295 e. The largest absolute Gasteiger partial charge is 0.378 e. The van der Waals surface area contributed by atoms with Crippen LogP contribution in [0, 0.1) is 0 Å². The van der Waals surface area contributed by atoms with Crippen LogP contribution in [-0.2, 0) is 11.8 Å². The summed E-state index contributed by atoms with van der Waals surface area (Å²) in [4.78, 5) is 14.9. The van der Waals surface area contributed by atoms with E-state index in [0.29, 0.717) is 19.0 Å². The number of fused-ring (bicyclic) bond motifs is 1. The van der Waals surface area contributed by atoms with Gasteiger partial charge in [-0.05, 0) is 18.1 Å². The molecule has 1 saturated heterocycles. The highest BCUT2D eigenvalue weighted by molar-refractivity contribution is 6.09. The Bertz CT molecular complexity index is 969. The van der Waals surface area contributed by atoms with Gasteiger partial charge in [-0.2, -0.15) is 5.10 Å². The lowest BCUT2D eigenvalue weighted by atomic mass is 10.1. The van der Waals surface area contributed by atoms with Crippen molar-refractivity contribution in [2.24, 2.45) is 7.05 Å². The van der Waals surface area contributed by atoms with Crippen LogP contribution in [-0.4, -0.2) is 47.1 Å². The highest BCUT2D eigenvalue weighted by Gasteiger charge is 2.22. The van der Waals surface area contributed by atoms with Gasteiger partial charge in [0.25, 0.3) is 5.91 Å². The Morgan fingerprint density at radius 3 is 2.74 bits per heavy atom. The second-order valence-electron chi connectivity index (χ2n) is 6.97. The van der Waals surface area contributed by atoms with Crippen LogP contribution in [0.15, 0.2) is 28.8 Å². The zero-order valence-corrected chi connectivity index (χ0v) is 15.7. The summed E-state index contributed by atoms with van der Waals surface area (Å²) in [6.45, 7) is 6.99. The maximum absolute atomic E-state index is 12.7. The first-order valence-electron chi connectivity index (χ1n) is 9.11. The van der Waals surface area contributed by atoms with Gasteiger partial charge in [-0.25, -0.2) is 0 Å². The summed E-state index contributed by atoms with van der Waals surface area (Å²) in [5.74, 6) is 0.536. The number of hydrogen-bond acceptors (Lipinski definition) is 6. The number of anilines is 2. The number of nitrogens with one attached hydrogen (secondary N) is 1. The molecule has 0 aliphatic carbocycles. The van der Waals surface area contributed by atoms with E-state index in [9.17, 15) is 4.79 Å². The molecule has 0 spiro atoms. The topological polar surface area (TPSA) is 85.4 Å². The molecule has 0 unspecified atom stereocenters. The van der Waals surface area contributed by atoms with E-state index in [2.05, 4.69) is 26.5 Å². The van der Waals surface area contributed by atoms with Crippen molar-refractivity contribution >= 4 is 28.3 Å². The molecule has 27 heavy (non-hydrogen) atoms. The third kappa shape index (κ3) is 3.28. The fraction of sp³-hybridized carbons (Fsp3) is 0.421. The van der Waals surface area contributed by atoms with Crippen molar-refractivity contribution in [2.45, 2.75) is 19.8 Å². The first-order valence-corrected chi connectivity index (χ1v) is 9.11. The lowest BCUT2D eigenvalue weighted by molar-refractivity contribution is 0.0987. The Morgan fingerprint density at radius 1 is 1.26 bits per heavy atom. The number of nitrogens with zero attached hydrogens (tertiary/aromatic N) is 4. The maximum atomic E-state index is 12.7. The molecule has 8 heteroatoms. The monoisotopic (exact) mass is 369 g/mol. The molecule has 3 aromatic rings. The first kappa shape index (κ1) is 17.5. The van der Waals surface area contributed by atoms with Crippen molar-refractivity contribution in [1.82, 2.24) is 14.9 Å². The van der Waals surface area contributed by atoms with Crippen molar-refractivity contribution < 1.29 is 14.1 Å². The van der Waals surface area contributed by atoms with Crippen LogP contribution in [0.2, 0.25) is 0 Å². The van der Waals surface area contributed by atoms with Gasteiger partial charge in [-0.15, -0.1) is 0 Å². The standard InChI is InChI=1S/C19H23N5O3/c1-12(2)13-11-16(27-22-13)19(25)20-18-17-14(23(3)21-18)5-4-6-15(17)24-7-9-26-10-8-24/h4-6,11-12H,7-10H2,1-3H3,(H,20,21,25). The Morgan fingerprint density at radius 2 is 2.04 bits per heavy atom. The van der Waals surface area contributed by atoms with Crippen LogP contribution in [0.5, 0.6) is 0 Å². The van der Waals surface area contributed by atoms with Crippen LogP contribution in [0.1, 0.15) is 36.0 Å². The number of benzene rings is 1.